The van der Waals surface area contributed by atoms with E-state index in [9.17, 15) is 8.59 Å². The molecule has 84 valence electrons. The number of rotatable bonds is 2. The summed E-state index contributed by atoms with van der Waals surface area (Å²) < 4.78 is 39.1. The molecule has 0 amide bonds. The molecule has 0 radical (unpaired) electrons. The second-order valence-electron chi connectivity index (χ2n) is 2.74. The first-order chi connectivity index (χ1) is 6.21. The normalized spacial score (nSPS) is 38.7. The van der Waals surface area contributed by atoms with Crippen molar-refractivity contribution in [3.05, 3.63) is 0 Å². The van der Waals surface area contributed by atoms with Crippen molar-refractivity contribution < 1.29 is 22.3 Å². The topological polar surface area (TPSA) is 40.0 Å². The molecule has 0 aromatic rings. The number of nitrogens with zero attached hydrogens (tertiary/aromatic N) is 1. The zero-order chi connectivity index (χ0) is 11.0. The number of oxime groups is 1. The summed E-state index contributed by atoms with van der Waals surface area (Å²) in [5.41, 5.74) is -1.49. The van der Waals surface area contributed by atoms with E-state index in [-0.39, 0.29) is 0 Å². The second kappa shape index (κ2) is 3.68. The number of halogens is 4. The van der Waals surface area contributed by atoms with Gasteiger partial charge in [0.05, 0.1) is 0 Å². The Morgan fingerprint density at radius 3 is 2.21 bits per heavy atom. The molecule has 0 N–H and O–H groups in total. The molecular formula is C5H8Cl2F2NO3P. The average Bonchev–Trinajstić information content (AvgIpc) is 2.20. The van der Waals surface area contributed by atoms with E-state index in [4.69, 9.17) is 22.8 Å². The monoisotopic (exact) mass is 269 g/mol. The van der Waals surface area contributed by atoms with Gasteiger partial charge in [0, 0.05) is 0 Å². The SMILES string of the molecule is CC1OP(F)(Cl)(ON=C(F)Cl)OC1C. The van der Waals surface area contributed by atoms with Gasteiger partial charge in [-0.1, -0.05) is 0 Å². The maximum atomic E-state index is 13.8. The predicted octanol–water partition coefficient (Wildman–Crippen LogP) is 3.64. The summed E-state index contributed by atoms with van der Waals surface area (Å²) in [5, 5.41) is 2.54. The van der Waals surface area contributed by atoms with Crippen LogP contribution >= 0.6 is 29.8 Å². The molecule has 1 fully saturated rings. The summed E-state index contributed by atoms with van der Waals surface area (Å²) in [6.07, 6.45) is -1.22. The minimum atomic E-state index is -5.28. The summed E-state index contributed by atoms with van der Waals surface area (Å²) >= 11 is 10.0. The molecule has 0 spiro atoms. The Bertz CT molecular complexity index is 260. The molecular weight excluding hydrogens is 262 g/mol. The Morgan fingerprint density at radius 1 is 1.43 bits per heavy atom. The second-order valence-corrected chi connectivity index (χ2v) is 6.66. The van der Waals surface area contributed by atoms with Crippen LogP contribution in [0.5, 0.6) is 0 Å². The van der Waals surface area contributed by atoms with Crippen molar-refractivity contribution in [2.24, 2.45) is 5.16 Å². The first kappa shape index (κ1) is 12.3. The molecule has 1 heterocycles. The first-order valence-electron chi connectivity index (χ1n) is 3.63. The summed E-state index contributed by atoms with van der Waals surface area (Å²) in [6.45, 7) is -2.22. The van der Waals surface area contributed by atoms with E-state index in [1.165, 1.54) is 13.8 Å². The molecule has 0 bridgehead atoms. The van der Waals surface area contributed by atoms with E-state index in [0.29, 0.717) is 0 Å². The van der Waals surface area contributed by atoms with Crippen molar-refractivity contribution in [1.82, 2.24) is 0 Å². The van der Waals surface area contributed by atoms with Gasteiger partial charge in [0.2, 0.25) is 0 Å². The third kappa shape index (κ3) is 2.87. The number of hydrogen-bond donors (Lipinski definition) is 0. The van der Waals surface area contributed by atoms with Crippen LogP contribution in [-0.2, 0) is 13.7 Å². The molecule has 1 rings (SSSR count). The van der Waals surface area contributed by atoms with E-state index < -0.39 is 24.6 Å². The average molecular weight is 270 g/mol. The van der Waals surface area contributed by atoms with Gasteiger partial charge in [0.25, 0.3) is 0 Å². The summed E-state index contributed by atoms with van der Waals surface area (Å²) in [7, 11) is 0. The van der Waals surface area contributed by atoms with Gasteiger partial charge < -0.3 is 0 Å². The van der Waals surface area contributed by atoms with Gasteiger partial charge in [0.15, 0.2) is 0 Å². The standard InChI is InChI=1S/C5H8Cl2F2NO3P/c1-3-4(2)12-14(7,9,11-3)13-10-5(6)8/h3-4H,1-2H3. The van der Waals surface area contributed by atoms with Gasteiger partial charge in [-0.15, -0.1) is 0 Å². The van der Waals surface area contributed by atoms with Gasteiger partial charge in [-0.25, -0.2) is 0 Å². The van der Waals surface area contributed by atoms with E-state index in [2.05, 4.69) is 18.8 Å². The molecule has 14 heavy (non-hydrogen) atoms. The molecule has 1 saturated heterocycles. The molecule has 0 aromatic carbocycles. The van der Waals surface area contributed by atoms with Crippen LogP contribution in [0.4, 0.5) is 8.59 Å². The van der Waals surface area contributed by atoms with Gasteiger partial charge in [-0.2, -0.15) is 0 Å². The van der Waals surface area contributed by atoms with Crippen LogP contribution in [0.2, 0.25) is 0 Å². The van der Waals surface area contributed by atoms with Gasteiger partial charge in [0.1, 0.15) is 0 Å². The van der Waals surface area contributed by atoms with Crippen LogP contribution < -0.4 is 0 Å². The van der Waals surface area contributed by atoms with E-state index >= 15 is 0 Å². The molecule has 2 atom stereocenters. The fourth-order valence-corrected chi connectivity index (χ4v) is 3.50. The molecule has 4 nitrogen and oxygen atoms in total. The van der Waals surface area contributed by atoms with Crippen LogP contribution in [0.1, 0.15) is 13.8 Å². The third-order valence-electron chi connectivity index (χ3n) is 1.56. The Balaban J connectivity index is 2.77. The molecule has 1 aliphatic heterocycles. The fraction of sp³-hybridized carbons (Fsp3) is 0.800. The molecule has 1 aliphatic rings. The molecule has 9 heteroatoms. The zero-order valence-electron chi connectivity index (χ0n) is 7.29. The molecule has 0 aliphatic carbocycles. The van der Waals surface area contributed by atoms with Crippen LogP contribution in [0.25, 0.3) is 0 Å². The summed E-state index contributed by atoms with van der Waals surface area (Å²) in [6, 6.07) is 0. The van der Waals surface area contributed by atoms with Crippen LogP contribution in [0, 0.1) is 0 Å². The summed E-state index contributed by atoms with van der Waals surface area (Å²) in [4.78, 5) is 0. The van der Waals surface area contributed by atoms with Crippen molar-refractivity contribution in [3.63, 3.8) is 0 Å². The quantitative estimate of drug-likeness (QED) is 0.437. The zero-order valence-corrected chi connectivity index (χ0v) is 9.69. The Labute approximate surface area is 89.2 Å². The van der Waals surface area contributed by atoms with Crippen molar-refractivity contribution in [2.45, 2.75) is 26.1 Å². The molecule has 0 aromatic heterocycles. The number of hydrogen-bond acceptors (Lipinski definition) is 4. The predicted molar refractivity (Wildman–Crippen MR) is 50.5 cm³/mol. The minimum absolute atomic E-state index is 0.608. The van der Waals surface area contributed by atoms with Crippen LogP contribution in [-0.4, -0.2) is 17.6 Å². The van der Waals surface area contributed by atoms with Gasteiger partial charge in [-0.3, -0.25) is 0 Å². The Kier molecular flexibility index (Phi) is 3.24. The van der Waals surface area contributed by atoms with Crippen LogP contribution in [0.3, 0.4) is 0 Å². The first-order valence-corrected chi connectivity index (χ1v) is 6.79. The van der Waals surface area contributed by atoms with Crippen molar-refractivity contribution in [2.75, 3.05) is 0 Å². The van der Waals surface area contributed by atoms with E-state index in [1.807, 2.05) is 0 Å². The van der Waals surface area contributed by atoms with Crippen molar-refractivity contribution in [1.29, 1.82) is 0 Å². The van der Waals surface area contributed by atoms with Crippen molar-refractivity contribution >= 4 is 35.2 Å². The van der Waals surface area contributed by atoms with Crippen molar-refractivity contribution in [3.8, 4) is 0 Å². The Hall–Kier alpha value is 0.260. The maximum absolute atomic E-state index is 13.8. The van der Waals surface area contributed by atoms with Crippen LogP contribution in [0.15, 0.2) is 5.16 Å². The molecule has 0 saturated carbocycles. The summed E-state index contributed by atoms with van der Waals surface area (Å²) in [5.74, 6) is 0. The third-order valence-corrected chi connectivity index (χ3v) is 3.96. The fourth-order valence-electron chi connectivity index (χ4n) is 0.853. The van der Waals surface area contributed by atoms with Gasteiger partial charge in [-0.05, 0) is 0 Å². The van der Waals surface area contributed by atoms with Gasteiger partial charge >= 0.3 is 88.7 Å². The molecule has 2 unspecified atom stereocenters. The van der Waals surface area contributed by atoms with E-state index in [1.54, 1.807) is 0 Å². The Morgan fingerprint density at radius 2 is 1.86 bits per heavy atom. The van der Waals surface area contributed by atoms with E-state index in [0.717, 1.165) is 0 Å².